The second kappa shape index (κ2) is 6.18. The maximum absolute atomic E-state index is 12.9. The number of hydrogen-bond acceptors (Lipinski definition) is 3. The zero-order chi connectivity index (χ0) is 15.5. The molecule has 0 radical (unpaired) electrons. The van der Waals surface area contributed by atoms with Gasteiger partial charge in [0.25, 0.3) is 5.91 Å². The third-order valence-corrected chi connectivity index (χ3v) is 4.01. The average Bonchev–Trinajstić information content (AvgIpc) is 3.38. The molecule has 1 aliphatic carbocycles. The quantitative estimate of drug-likeness (QED) is 0.922. The smallest absolute Gasteiger partial charge is 0.258 e. The lowest BCUT2D eigenvalue weighted by atomic mass is 10.1. The van der Waals surface area contributed by atoms with Gasteiger partial charge in [-0.1, -0.05) is 19.1 Å². The van der Waals surface area contributed by atoms with E-state index < -0.39 is 0 Å². The predicted molar refractivity (Wildman–Crippen MR) is 84.6 cm³/mol. The highest BCUT2D eigenvalue weighted by Crippen LogP contribution is 2.31. The largest absolute Gasteiger partial charge is 0.507 e. The first-order valence-electron chi connectivity index (χ1n) is 7.71. The molecule has 0 atom stereocenters. The molecule has 1 aliphatic rings. The van der Waals surface area contributed by atoms with Crippen molar-refractivity contribution < 1.29 is 9.90 Å². The number of hydrogen-bond donors (Lipinski definition) is 1. The van der Waals surface area contributed by atoms with Gasteiger partial charge in [-0.2, -0.15) is 0 Å². The Kier molecular flexibility index (Phi) is 4.09. The van der Waals surface area contributed by atoms with Gasteiger partial charge in [-0.25, -0.2) is 0 Å². The number of amides is 1. The second-order valence-electron chi connectivity index (χ2n) is 5.69. The molecule has 1 N–H and O–H groups in total. The highest BCUT2D eigenvalue weighted by molar-refractivity contribution is 5.97. The van der Waals surface area contributed by atoms with Crippen LogP contribution >= 0.6 is 0 Å². The van der Waals surface area contributed by atoms with Crippen LogP contribution < -0.4 is 0 Å². The third kappa shape index (κ3) is 3.11. The van der Waals surface area contributed by atoms with Crippen LogP contribution in [0.1, 0.15) is 41.4 Å². The van der Waals surface area contributed by atoms with Crippen molar-refractivity contribution >= 4 is 5.91 Å². The molecular weight excluding hydrogens is 276 g/mol. The summed E-state index contributed by atoms with van der Waals surface area (Å²) in [6, 6.07) is 11.2. The minimum atomic E-state index is -0.110. The van der Waals surface area contributed by atoms with E-state index in [9.17, 15) is 9.90 Å². The molecule has 22 heavy (non-hydrogen) atoms. The van der Waals surface area contributed by atoms with Crippen LogP contribution in [0, 0.1) is 0 Å². The number of carbonyl (C=O) groups is 1. The van der Waals surface area contributed by atoms with E-state index in [0.29, 0.717) is 12.1 Å². The van der Waals surface area contributed by atoms with Crippen molar-refractivity contribution in [1.82, 2.24) is 9.88 Å². The zero-order valence-electron chi connectivity index (χ0n) is 12.7. The maximum Gasteiger partial charge on any atom is 0.258 e. The normalized spacial score (nSPS) is 13.9. The Morgan fingerprint density at radius 3 is 2.77 bits per heavy atom. The molecule has 1 heterocycles. The average molecular weight is 296 g/mol. The molecule has 0 aliphatic heterocycles. The number of phenolic OH excluding ortho intramolecular Hbond substituents is 1. The van der Waals surface area contributed by atoms with E-state index in [1.54, 1.807) is 18.3 Å². The van der Waals surface area contributed by atoms with Crippen LogP contribution in [0.5, 0.6) is 5.75 Å². The summed E-state index contributed by atoms with van der Waals surface area (Å²) in [5.74, 6) is -0.0603. The molecule has 0 bridgehead atoms. The lowest BCUT2D eigenvalue weighted by Gasteiger charge is -2.23. The van der Waals surface area contributed by atoms with Gasteiger partial charge in [0.1, 0.15) is 5.75 Å². The van der Waals surface area contributed by atoms with Gasteiger partial charge >= 0.3 is 0 Å². The Morgan fingerprint density at radius 2 is 2.14 bits per heavy atom. The molecule has 1 amide bonds. The molecule has 1 aromatic carbocycles. The number of aryl methyl sites for hydroxylation is 1. The summed E-state index contributed by atoms with van der Waals surface area (Å²) in [4.78, 5) is 19.0. The van der Waals surface area contributed by atoms with Crippen LogP contribution in [0.2, 0.25) is 0 Å². The van der Waals surface area contributed by atoms with Gasteiger partial charge in [0.05, 0.1) is 17.8 Å². The van der Waals surface area contributed by atoms with Gasteiger partial charge in [-0.05, 0) is 49.1 Å². The highest BCUT2D eigenvalue weighted by Gasteiger charge is 2.34. The van der Waals surface area contributed by atoms with Gasteiger partial charge in [-0.15, -0.1) is 0 Å². The summed E-state index contributed by atoms with van der Waals surface area (Å²) in [6.45, 7) is 2.52. The lowest BCUT2D eigenvalue weighted by Crippen LogP contribution is -2.33. The summed E-state index contributed by atoms with van der Waals surface area (Å²) in [5.41, 5.74) is 2.31. The topological polar surface area (TPSA) is 53.4 Å². The summed E-state index contributed by atoms with van der Waals surface area (Å²) in [6.07, 6.45) is 4.61. The maximum atomic E-state index is 12.9. The SMILES string of the molecule is CCc1ccc(O)c(C(=O)N(Cc2ccccn2)C2CC2)c1. The van der Waals surface area contributed by atoms with Crippen LogP contribution in [0.4, 0.5) is 0 Å². The summed E-state index contributed by atoms with van der Waals surface area (Å²) >= 11 is 0. The van der Waals surface area contributed by atoms with Gasteiger partial charge in [0.2, 0.25) is 0 Å². The first-order chi connectivity index (χ1) is 10.7. The van der Waals surface area contributed by atoms with Crippen LogP contribution in [0.15, 0.2) is 42.6 Å². The number of aromatic hydroxyl groups is 1. The number of phenols is 1. The molecule has 114 valence electrons. The Hall–Kier alpha value is -2.36. The first-order valence-corrected chi connectivity index (χ1v) is 7.71. The third-order valence-electron chi connectivity index (χ3n) is 4.01. The van der Waals surface area contributed by atoms with E-state index in [2.05, 4.69) is 4.98 Å². The minimum Gasteiger partial charge on any atom is -0.507 e. The Labute approximate surface area is 130 Å². The van der Waals surface area contributed by atoms with E-state index >= 15 is 0 Å². The molecule has 1 aromatic heterocycles. The standard InChI is InChI=1S/C18H20N2O2/c1-2-13-6-9-17(21)16(11-13)18(22)20(15-7-8-15)12-14-5-3-4-10-19-14/h3-6,9-11,15,21H,2,7-8,12H2,1H3. The highest BCUT2D eigenvalue weighted by atomic mass is 16.3. The number of pyridine rings is 1. The molecule has 2 aromatic rings. The van der Waals surface area contributed by atoms with Crippen LogP contribution in [-0.4, -0.2) is 26.9 Å². The van der Waals surface area contributed by atoms with E-state index in [4.69, 9.17) is 0 Å². The molecule has 3 rings (SSSR count). The van der Waals surface area contributed by atoms with Crippen molar-refractivity contribution in [3.63, 3.8) is 0 Å². The van der Waals surface area contributed by atoms with Crippen LogP contribution in [0.25, 0.3) is 0 Å². The fourth-order valence-corrected chi connectivity index (χ4v) is 2.55. The monoisotopic (exact) mass is 296 g/mol. The van der Waals surface area contributed by atoms with Crippen LogP contribution in [-0.2, 0) is 13.0 Å². The molecule has 1 fully saturated rings. The Bertz CT molecular complexity index is 666. The van der Waals surface area contributed by atoms with Gasteiger partial charge in [0.15, 0.2) is 0 Å². The molecule has 0 spiro atoms. The van der Waals surface area contributed by atoms with E-state index in [-0.39, 0.29) is 17.7 Å². The van der Waals surface area contributed by atoms with E-state index in [0.717, 1.165) is 30.5 Å². The Morgan fingerprint density at radius 1 is 1.32 bits per heavy atom. The van der Waals surface area contributed by atoms with Gasteiger partial charge < -0.3 is 10.0 Å². The number of carbonyl (C=O) groups excluding carboxylic acids is 1. The molecule has 1 saturated carbocycles. The van der Waals surface area contributed by atoms with Crippen molar-refractivity contribution in [2.75, 3.05) is 0 Å². The van der Waals surface area contributed by atoms with Crippen molar-refractivity contribution in [3.05, 3.63) is 59.4 Å². The number of aromatic nitrogens is 1. The molecule has 0 unspecified atom stereocenters. The molecule has 4 nitrogen and oxygen atoms in total. The fourth-order valence-electron chi connectivity index (χ4n) is 2.55. The van der Waals surface area contributed by atoms with E-state index in [1.165, 1.54) is 0 Å². The summed E-state index contributed by atoms with van der Waals surface area (Å²) in [7, 11) is 0. The van der Waals surface area contributed by atoms with Crippen molar-refractivity contribution in [3.8, 4) is 5.75 Å². The zero-order valence-corrected chi connectivity index (χ0v) is 12.7. The molecule has 4 heteroatoms. The summed E-state index contributed by atoms with van der Waals surface area (Å²) < 4.78 is 0. The van der Waals surface area contributed by atoms with Crippen LogP contribution in [0.3, 0.4) is 0 Å². The number of nitrogens with zero attached hydrogens (tertiary/aromatic N) is 2. The van der Waals surface area contributed by atoms with Crippen molar-refractivity contribution in [1.29, 1.82) is 0 Å². The Balaban J connectivity index is 1.87. The molecule has 0 saturated heterocycles. The fraction of sp³-hybridized carbons (Fsp3) is 0.333. The van der Waals surface area contributed by atoms with Gasteiger partial charge in [-0.3, -0.25) is 9.78 Å². The predicted octanol–water partition coefficient (Wildman–Crippen LogP) is 3.15. The summed E-state index contributed by atoms with van der Waals surface area (Å²) in [5, 5.41) is 10.1. The van der Waals surface area contributed by atoms with E-state index in [1.807, 2.05) is 36.1 Å². The lowest BCUT2D eigenvalue weighted by molar-refractivity contribution is 0.0724. The first kappa shape index (κ1) is 14.6. The number of rotatable bonds is 5. The van der Waals surface area contributed by atoms with Gasteiger partial charge in [0, 0.05) is 12.2 Å². The second-order valence-corrected chi connectivity index (χ2v) is 5.69. The van der Waals surface area contributed by atoms with Crippen molar-refractivity contribution in [2.24, 2.45) is 0 Å². The van der Waals surface area contributed by atoms with Crippen molar-refractivity contribution in [2.45, 2.75) is 38.8 Å². The minimum absolute atomic E-state index is 0.0499. The number of benzene rings is 1. The molecular formula is C18H20N2O2.